The average Bonchev–Trinajstić information content (AvgIpc) is 2.78. The Balaban J connectivity index is 1.94. The summed E-state index contributed by atoms with van der Waals surface area (Å²) < 4.78 is 1.75. The molecule has 0 amide bonds. The van der Waals surface area contributed by atoms with Crippen molar-refractivity contribution >= 4 is 5.78 Å². The largest absolute Gasteiger partial charge is 0.299 e. The van der Waals surface area contributed by atoms with E-state index in [4.69, 9.17) is 0 Å². The molecule has 1 aliphatic rings. The molecule has 1 aliphatic carbocycles. The van der Waals surface area contributed by atoms with Crippen molar-refractivity contribution in [2.75, 3.05) is 0 Å². The van der Waals surface area contributed by atoms with Crippen LogP contribution < -0.4 is 0 Å². The van der Waals surface area contributed by atoms with Crippen molar-refractivity contribution in [2.45, 2.75) is 58.4 Å². The first-order valence-corrected chi connectivity index (χ1v) is 6.59. The topological polar surface area (TPSA) is 60.7 Å². The summed E-state index contributed by atoms with van der Waals surface area (Å²) in [5.74, 6) is 1.29. The molecule has 5 heteroatoms. The number of carbonyl (C=O) groups is 1. The fraction of sp³-hybridized carbons (Fsp3) is 0.833. The maximum absolute atomic E-state index is 12.1. The first kappa shape index (κ1) is 12.2. The number of rotatable bonds is 5. The van der Waals surface area contributed by atoms with E-state index >= 15 is 0 Å². The van der Waals surface area contributed by atoms with E-state index < -0.39 is 0 Å². The molecule has 0 saturated heterocycles. The molecule has 0 N–H and O–H groups in total. The van der Waals surface area contributed by atoms with Gasteiger partial charge in [0, 0.05) is 12.5 Å². The smallest absolute Gasteiger partial charge is 0.158 e. The maximum atomic E-state index is 12.1. The lowest BCUT2D eigenvalue weighted by atomic mass is 9.85. The van der Waals surface area contributed by atoms with E-state index in [0.29, 0.717) is 12.2 Å². The van der Waals surface area contributed by atoms with Gasteiger partial charge in [0.2, 0.25) is 0 Å². The van der Waals surface area contributed by atoms with Crippen molar-refractivity contribution in [3.8, 4) is 0 Å². The second-order valence-corrected chi connectivity index (χ2v) is 4.80. The van der Waals surface area contributed by atoms with E-state index in [-0.39, 0.29) is 5.92 Å². The van der Waals surface area contributed by atoms with Crippen LogP contribution in [-0.4, -0.2) is 26.0 Å². The van der Waals surface area contributed by atoms with Crippen molar-refractivity contribution in [1.82, 2.24) is 20.2 Å². The number of carbonyl (C=O) groups excluding carboxylic acids is 1. The molecule has 0 aromatic carbocycles. The molecule has 0 bridgehead atoms. The fourth-order valence-corrected chi connectivity index (χ4v) is 2.46. The highest BCUT2D eigenvalue weighted by atomic mass is 16.1. The van der Waals surface area contributed by atoms with Crippen LogP contribution in [-0.2, 0) is 17.8 Å². The van der Waals surface area contributed by atoms with Gasteiger partial charge in [-0.1, -0.05) is 26.2 Å². The summed E-state index contributed by atoms with van der Waals surface area (Å²) in [7, 11) is 0. The zero-order valence-electron chi connectivity index (χ0n) is 10.4. The quantitative estimate of drug-likeness (QED) is 0.781. The summed E-state index contributed by atoms with van der Waals surface area (Å²) in [6.07, 6.45) is 7.14. The SMILES string of the molecule is CCCn1nnnc1CC(=O)C1CCCCC1. The molecule has 1 saturated carbocycles. The van der Waals surface area contributed by atoms with Crippen molar-refractivity contribution < 1.29 is 4.79 Å². The molecule has 1 fully saturated rings. The number of hydrogen-bond donors (Lipinski definition) is 0. The van der Waals surface area contributed by atoms with Crippen molar-refractivity contribution in [3.05, 3.63) is 5.82 Å². The van der Waals surface area contributed by atoms with Crippen LogP contribution in [0.1, 0.15) is 51.3 Å². The van der Waals surface area contributed by atoms with Gasteiger partial charge in [0.05, 0.1) is 6.42 Å². The maximum Gasteiger partial charge on any atom is 0.158 e. The Labute approximate surface area is 102 Å². The third kappa shape index (κ3) is 3.11. The molecule has 0 radical (unpaired) electrons. The van der Waals surface area contributed by atoms with Gasteiger partial charge in [-0.2, -0.15) is 0 Å². The Morgan fingerprint density at radius 3 is 2.82 bits per heavy atom. The summed E-state index contributed by atoms with van der Waals surface area (Å²) in [6, 6.07) is 0. The number of hydrogen-bond acceptors (Lipinski definition) is 4. The lowest BCUT2D eigenvalue weighted by Crippen LogP contribution is -2.21. The minimum Gasteiger partial charge on any atom is -0.299 e. The lowest BCUT2D eigenvalue weighted by Gasteiger charge is -2.19. The van der Waals surface area contributed by atoms with E-state index in [1.54, 1.807) is 4.68 Å². The van der Waals surface area contributed by atoms with Gasteiger partial charge in [-0.05, 0) is 29.7 Å². The Morgan fingerprint density at radius 1 is 1.35 bits per heavy atom. The second kappa shape index (κ2) is 5.89. The van der Waals surface area contributed by atoms with E-state index in [0.717, 1.165) is 31.6 Å². The number of aromatic nitrogens is 4. The highest BCUT2D eigenvalue weighted by Gasteiger charge is 2.22. The predicted molar refractivity (Wildman–Crippen MR) is 63.4 cm³/mol. The minimum absolute atomic E-state index is 0.246. The van der Waals surface area contributed by atoms with Crippen molar-refractivity contribution in [3.63, 3.8) is 0 Å². The average molecular weight is 236 g/mol. The molecule has 17 heavy (non-hydrogen) atoms. The standard InChI is InChI=1S/C12H20N4O/c1-2-8-16-12(13-14-15-16)9-11(17)10-6-4-3-5-7-10/h10H,2-9H2,1H3. The molecule has 2 rings (SSSR count). The molecule has 1 heterocycles. The summed E-state index contributed by atoms with van der Waals surface area (Å²) >= 11 is 0. The van der Waals surface area contributed by atoms with Gasteiger partial charge < -0.3 is 0 Å². The van der Waals surface area contributed by atoms with Gasteiger partial charge in [0.1, 0.15) is 5.78 Å². The lowest BCUT2D eigenvalue weighted by molar-refractivity contribution is -0.123. The Bertz CT molecular complexity index is 368. The molecular weight excluding hydrogens is 216 g/mol. The minimum atomic E-state index is 0.246. The van der Waals surface area contributed by atoms with Gasteiger partial charge >= 0.3 is 0 Å². The van der Waals surface area contributed by atoms with E-state index in [9.17, 15) is 4.79 Å². The summed E-state index contributed by atoms with van der Waals surface area (Å²) in [5, 5.41) is 11.5. The van der Waals surface area contributed by atoms with Crippen LogP contribution in [0.4, 0.5) is 0 Å². The van der Waals surface area contributed by atoms with Crippen molar-refractivity contribution in [1.29, 1.82) is 0 Å². The Kier molecular flexibility index (Phi) is 4.23. The van der Waals surface area contributed by atoms with Crippen molar-refractivity contribution in [2.24, 2.45) is 5.92 Å². The van der Waals surface area contributed by atoms with Crippen LogP contribution in [0.2, 0.25) is 0 Å². The molecule has 0 aliphatic heterocycles. The van der Waals surface area contributed by atoms with Gasteiger partial charge in [-0.15, -0.1) is 5.10 Å². The van der Waals surface area contributed by atoms with Gasteiger partial charge in [0.25, 0.3) is 0 Å². The third-order valence-corrected chi connectivity index (χ3v) is 3.43. The summed E-state index contributed by atoms with van der Waals surface area (Å²) in [4.78, 5) is 12.1. The third-order valence-electron chi connectivity index (χ3n) is 3.43. The van der Waals surface area contributed by atoms with Crippen LogP contribution in [0.3, 0.4) is 0 Å². The zero-order valence-corrected chi connectivity index (χ0v) is 10.4. The van der Waals surface area contributed by atoms with Crippen LogP contribution in [0, 0.1) is 5.92 Å². The molecule has 0 spiro atoms. The monoisotopic (exact) mass is 236 g/mol. The number of aryl methyl sites for hydroxylation is 1. The molecule has 5 nitrogen and oxygen atoms in total. The first-order chi connectivity index (χ1) is 8.31. The van der Waals surface area contributed by atoms with Crippen LogP contribution in [0.5, 0.6) is 0 Å². The fourth-order valence-electron chi connectivity index (χ4n) is 2.46. The molecule has 0 atom stereocenters. The molecular formula is C12H20N4O. The van der Waals surface area contributed by atoms with E-state index in [2.05, 4.69) is 22.4 Å². The highest BCUT2D eigenvalue weighted by Crippen LogP contribution is 2.25. The molecule has 1 aromatic heterocycles. The number of ketones is 1. The Morgan fingerprint density at radius 2 is 2.12 bits per heavy atom. The Hall–Kier alpha value is -1.26. The predicted octanol–water partition coefficient (Wildman–Crippen LogP) is 1.77. The molecule has 94 valence electrons. The van der Waals surface area contributed by atoms with Crippen LogP contribution in [0.25, 0.3) is 0 Å². The van der Waals surface area contributed by atoms with E-state index in [1.165, 1.54) is 19.3 Å². The van der Waals surface area contributed by atoms with Crippen LogP contribution >= 0.6 is 0 Å². The number of Topliss-reactive ketones (excluding diaryl/α,β-unsaturated/α-hetero) is 1. The van der Waals surface area contributed by atoms with Gasteiger partial charge in [-0.3, -0.25) is 4.79 Å². The summed E-state index contributed by atoms with van der Waals surface area (Å²) in [5.41, 5.74) is 0. The van der Waals surface area contributed by atoms with Gasteiger partial charge in [0.15, 0.2) is 5.82 Å². The number of nitrogens with zero attached hydrogens (tertiary/aromatic N) is 4. The summed E-state index contributed by atoms with van der Waals surface area (Å²) in [6.45, 7) is 2.87. The number of tetrazole rings is 1. The highest BCUT2D eigenvalue weighted by molar-refractivity contribution is 5.82. The molecule has 0 unspecified atom stereocenters. The van der Waals surface area contributed by atoms with Crippen LogP contribution in [0.15, 0.2) is 0 Å². The zero-order chi connectivity index (χ0) is 12.1. The van der Waals surface area contributed by atoms with E-state index in [1.807, 2.05) is 0 Å². The van der Waals surface area contributed by atoms with Gasteiger partial charge in [-0.25, -0.2) is 4.68 Å². The first-order valence-electron chi connectivity index (χ1n) is 6.59. The second-order valence-electron chi connectivity index (χ2n) is 4.80. The normalized spacial score (nSPS) is 17.2. The molecule has 1 aromatic rings.